The number of fused-ring (bicyclic) bond motifs is 1. The highest BCUT2D eigenvalue weighted by molar-refractivity contribution is 9.10. The fraction of sp³-hybridized carbons (Fsp3) is 0.429. The highest BCUT2D eigenvalue weighted by Crippen LogP contribution is 2.42. The lowest BCUT2D eigenvalue weighted by molar-refractivity contribution is 0.137. The molecule has 1 heterocycles. The summed E-state index contributed by atoms with van der Waals surface area (Å²) in [5.41, 5.74) is 0.978. The van der Waals surface area contributed by atoms with Crippen molar-refractivity contribution in [2.45, 2.75) is 25.8 Å². The Morgan fingerprint density at radius 1 is 1.42 bits per heavy atom. The smallest absolute Gasteiger partial charge is 0.261 e. The van der Waals surface area contributed by atoms with E-state index >= 15 is 0 Å². The molecule has 0 aliphatic heterocycles. The molecule has 0 unspecified atom stereocenters. The lowest BCUT2D eigenvalue weighted by Crippen LogP contribution is -2.39. The first-order chi connectivity index (χ1) is 9.13. The predicted octanol–water partition coefficient (Wildman–Crippen LogP) is 3.26. The molecule has 0 bridgehead atoms. The molecule has 0 atom stereocenters. The van der Waals surface area contributed by atoms with Crippen molar-refractivity contribution in [3.05, 3.63) is 39.4 Å². The van der Waals surface area contributed by atoms with Crippen molar-refractivity contribution in [1.29, 1.82) is 0 Å². The van der Waals surface area contributed by atoms with Crippen LogP contribution in [0.3, 0.4) is 0 Å². The van der Waals surface area contributed by atoms with Gasteiger partial charge in [0.25, 0.3) is 5.56 Å². The van der Waals surface area contributed by atoms with Crippen LogP contribution in [0.5, 0.6) is 0 Å². The van der Waals surface area contributed by atoms with Gasteiger partial charge in [-0.1, -0.05) is 22.4 Å². The maximum Gasteiger partial charge on any atom is 0.261 e. The minimum absolute atomic E-state index is 0.0411. The van der Waals surface area contributed by atoms with Gasteiger partial charge in [-0.05, 0) is 42.2 Å². The van der Waals surface area contributed by atoms with Crippen LogP contribution < -0.4 is 5.56 Å². The monoisotopic (exact) mass is 338 g/mol. The number of hydrogen-bond donors (Lipinski definition) is 1. The topological polar surface area (TPSA) is 34.9 Å². The number of nitrogens with zero attached hydrogens (tertiary/aromatic N) is 2. The molecule has 3 rings (SSSR count). The number of thiol groups is 1. The minimum Gasteiger partial charge on any atom is -0.298 e. The van der Waals surface area contributed by atoms with Crippen molar-refractivity contribution in [1.82, 2.24) is 9.55 Å². The van der Waals surface area contributed by atoms with Gasteiger partial charge in [-0.3, -0.25) is 9.36 Å². The molecule has 1 aliphatic carbocycles. The largest absolute Gasteiger partial charge is 0.298 e. The molecule has 5 heteroatoms. The molecule has 1 aromatic heterocycles. The van der Waals surface area contributed by atoms with Crippen LogP contribution in [-0.4, -0.2) is 15.3 Å². The van der Waals surface area contributed by atoms with E-state index in [1.54, 1.807) is 10.9 Å². The molecule has 0 amide bonds. The van der Waals surface area contributed by atoms with Crippen LogP contribution in [0.15, 0.2) is 33.8 Å². The summed E-state index contributed by atoms with van der Waals surface area (Å²) in [6, 6.07) is 5.61. The van der Waals surface area contributed by atoms with Gasteiger partial charge in [-0.25, -0.2) is 4.98 Å². The average molecular weight is 339 g/mol. The lowest BCUT2D eigenvalue weighted by Gasteiger charge is -2.41. The average Bonchev–Trinajstić information content (AvgIpc) is 2.37. The summed E-state index contributed by atoms with van der Waals surface area (Å²) in [6.07, 6.45) is 5.21. The van der Waals surface area contributed by atoms with Crippen LogP contribution >= 0.6 is 28.6 Å². The van der Waals surface area contributed by atoms with Crippen molar-refractivity contribution >= 4 is 39.5 Å². The Morgan fingerprint density at radius 2 is 2.21 bits per heavy atom. The first-order valence-corrected chi connectivity index (χ1v) is 7.82. The predicted molar refractivity (Wildman–Crippen MR) is 83.8 cm³/mol. The summed E-state index contributed by atoms with van der Waals surface area (Å²) in [4.78, 5) is 16.9. The molecule has 1 fully saturated rings. The maximum atomic E-state index is 12.5. The van der Waals surface area contributed by atoms with Gasteiger partial charge in [-0.2, -0.15) is 12.6 Å². The summed E-state index contributed by atoms with van der Waals surface area (Å²) in [5.74, 6) is 0.829. The van der Waals surface area contributed by atoms with E-state index in [2.05, 4.69) is 33.5 Å². The van der Waals surface area contributed by atoms with Crippen LogP contribution in [0.1, 0.15) is 19.3 Å². The summed E-state index contributed by atoms with van der Waals surface area (Å²) in [7, 11) is 0. The molecule has 1 aromatic carbocycles. The van der Waals surface area contributed by atoms with Crippen LogP contribution in [-0.2, 0) is 6.54 Å². The third kappa shape index (κ3) is 2.34. The molecule has 19 heavy (non-hydrogen) atoms. The molecule has 3 nitrogen and oxygen atoms in total. The second kappa shape index (κ2) is 4.94. The molecule has 0 N–H and O–H groups in total. The zero-order valence-electron chi connectivity index (χ0n) is 10.5. The van der Waals surface area contributed by atoms with Crippen molar-refractivity contribution < 1.29 is 0 Å². The molecule has 1 aliphatic rings. The van der Waals surface area contributed by atoms with Crippen LogP contribution in [0.2, 0.25) is 0 Å². The van der Waals surface area contributed by atoms with E-state index in [9.17, 15) is 4.79 Å². The van der Waals surface area contributed by atoms with Crippen LogP contribution in [0.25, 0.3) is 10.9 Å². The minimum atomic E-state index is 0.0411. The number of rotatable bonds is 3. The Hall–Kier alpha value is -0.810. The van der Waals surface area contributed by atoms with E-state index in [1.807, 2.05) is 18.2 Å². The SMILES string of the molecule is O=c1c2cc(Br)ccc2ncn1CC1(CS)CCC1. The van der Waals surface area contributed by atoms with Gasteiger partial charge in [0.2, 0.25) is 0 Å². The summed E-state index contributed by atoms with van der Waals surface area (Å²) in [6.45, 7) is 0.727. The van der Waals surface area contributed by atoms with Gasteiger partial charge >= 0.3 is 0 Å². The summed E-state index contributed by atoms with van der Waals surface area (Å²) >= 11 is 7.85. The van der Waals surface area contributed by atoms with E-state index in [1.165, 1.54) is 6.42 Å². The molecule has 0 saturated heterocycles. The maximum absolute atomic E-state index is 12.5. The van der Waals surface area contributed by atoms with E-state index in [0.717, 1.165) is 35.1 Å². The quantitative estimate of drug-likeness (QED) is 0.871. The second-order valence-corrected chi connectivity index (χ2v) is 6.58. The number of aromatic nitrogens is 2. The highest BCUT2D eigenvalue weighted by atomic mass is 79.9. The fourth-order valence-electron chi connectivity index (χ4n) is 2.65. The summed E-state index contributed by atoms with van der Waals surface area (Å²) < 4.78 is 2.65. The molecule has 2 aromatic rings. The number of halogens is 1. The van der Waals surface area contributed by atoms with E-state index < -0.39 is 0 Å². The van der Waals surface area contributed by atoms with Crippen LogP contribution in [0.4, 0.5) is 0 Å². The van der Waals surface area contributed by atoms with Gasteiger partial charge < -0.3 is 0 Å². The van der Waals surface area contributed by atoms with E-state index in [0.29, 0.717) is 5.39 Å². The van der Waals surface area contributed by atoms with E-state index in [4.69, 9.17) is 0 Å². The molecular weight excluding hydrogens is 324 g/mol. The van der Waals surface area contributed by atoms with Gasteiger partial charge in [0, 0.05) is 11.0 Å². The van der Waals surface area contributed by atoms with Crippen molar-refractivity contribution in [2.75, 3.05) is 5.75 Å². The van der Waals surface area contributed by atoms with Gasteiger partial charge in [0.1, 0.15) is 0 Å². The standard InChI is InChI=1S/C14H15BrN2OS/c15-10-2-3-12-11(6-10)13(18)17(9-16-12)7-14(8-19)4-1-5-14/h2-3,6,9,19H,1,4-5,7-8H2. The third-order valence-electron chi connectivity index (χ3n) is 4.04. The number of hydrogen-bond acceptors (Lipinski definition) is 3. The van der Waals surface area contributed by atoms with Gasteiger partial charge in [0.15, 0.2) is 0 Å². The third-order valence-corrected chi connectivity index (χ3v) is 5.21. The van der Waals surface area contributed by atoms with Gasteiger partial charge in [0.05, 0.1) is 17.2 Å². The van der Waals surface area contributed by atoms with Crippen molar-refractivity contribution in [3.63, 3.8) is 0 Å². The second-order valence-electron chi connectivity index (χ2n) is 5.35. The Balaban J connectivity index is 2.05. The first-order valence-electron chi connectivity index (χ1n) is 6.39. The highest BCUT2D eigenvalue weighted by Gasteiger charge is 2.36. The lowest BCUT2D eigenvalue weighted by atomic mass is 9.70. The van der Waals surface area contributed by atoms with Crippen molar-refractivity contribution in [2.24, 2.45) is 5.41 Å². The zero-order chi connectivity index (χ0) is 13.5. The molecule has 1 saturated carbocycles. The Morgan fingerprint density at radius 3 is 2.84 bits per heavy atom. The Bertz CT molecular complexity index is 673. The summed E-state index contributed by atoms with van der Waals surface area (Å²) in [5, 5.41) is 0.672. The normalized spacial score (nSPS) is 17.4. The Kier molecular flexibility index (Phi) is 3.43. The molecule has 100 valence electrons. The van der Waals surface area contributed by atoms with Crippen LogP contribution in [0, 0.1) is 5.41 Å². The fourth-order valence-corrected chi connectivity index (χ4v) is 3.43. The molecule has 0 spiro atoms. The van der Waals surface area contributed by atoms with E-state index in [-0.39, 0.29) is 11.0 Å². The first kappa shape index (κ1) is 13.2. The van der Waals surface area contributed by atoms with Crippen molar-refractivity contribution in [3.8, 4) is 0 Å². The Labute approximate surface area is 125 Å². The number of benzene rings is 1. The van der Waals surface area contributed by atoms with Gasteiger partial charge in [-0.15, -0.1) is 0 Å². The molecular formula is C14H15BrN2OS. The zero-order valence-corrected chi connectivity index (χ0v) is 13.0. The molecule has 0 radical (unpaired) electrons.